The Hall–Kier alpha value is -2.60. The molecule has 0 saturated heterocycles. The van der Waals surface area contributed by atoms with Gasteiger partial charge in [-0.1, -0.05) is 18.2 Å². The molecule has 0 atom stereocenters. The molecule has 2 aromatic heterocycles. The lowest BCUT2D eigenvalue weighted by Crippen LogP contribution is -2.29. The van der Waals surface area contributed by atoms with Crippen LogP contribution in [-0.4, -0.2) is 29.2 Å². The lowest BCUT2D eigenvalue weighted by molar-refractivity contribution is 0.0947. The van der Waals surface area contributed by atoms with Crippen LogP contribution in [0, 0.1) is 0 Å². The van der Waals surface area contributed by atoms with Crippen molar-refractivity contribution in [3.05, 3.63) is 53.0 Å². The molecule has 0 bridgehead atoms. The van der Waals surface area contributed by atoms with Crippen LogP contribution in [0.4, 0.5) is 0 Å². The molecule has 118 valence electrons. The summed E-state index contributed by atoms with van der Waals surface area (Å²) in [6, 6.07) is 9.91. The lowest BCUT2D eigenvalue weighted by Gasteiger charge is -2.12. The second kappa shape index (κ2) is 5.89. The minimum atomic E-state index is -0.137. The van der Waals surface area contributed by atoms with Gasteiger partial charge in [0, 0.05) is 49.1 Å². The van der Waals surface area contributed by atoms with E-state index in [-0.39, 0.29) is 5.91 Å². The zero-order chi connectivity index (χ0) is 15.6. The summed E-state index contributed by atoms with van der Waals surface area (Å²) < 4.78 is 5.75. The van der Waals surface area contributed by atoms with Crippen molar-refractivity contribution < 1.29 is 9.21 Å². The third-order valence-corrected chi connectivity index (χ3v) is 4.15. The van der Waals surface area contributed by atoms with E-state index in [1.54, 1.807) is 0 Å². The second-order valence-corrected chi connectivity index (χ2v) is 5.71. The zero-order valence-corrected chi connectivity index (χ0v) is 12.7. The molecule has 0 radical (unpaired) electrons. The number of aromatic amines is 1. The van der Waals surface area contributed by atoms with Crippen LogP contribution in [0.2, 0.25) is 0 Å². The molecule has 0 spiro atoms. The summed E-state index contributed by atoms with van der Waals surface area (Å²) in [5.41, 5.74) is 3.42. The van der Waals surface area contributed by atoms with Gasteiger partial charge in [0.05, 0.1) is 0 Å². The van der Waals surface area contributed by atoms with E-state index in [9.17, 15) is 4.79 Å². The number of nitrogens with one attached hydrogen (secondary N) is 3. The van der Waals surface area contributed by atoms with Crippen LogP contribution >= 0.6 is 0 Å². The molecule has 1 aromatic carbocycles. The van der Waals surface area contributed by atoms with E-state index in [0.717, 1.165) is 41.0 Å². The highest BCUT2D eigenvalue weighted by Gasteiger charge is 2.21. The van der Waals surface area contributed by atoms with Crippen molar-refractivity contribution in [2.75, 3.05) is 13.1 Å². The summed E-state index contributed by atoms with van der Waals surface area (Å²) in [5.74, 6) is 0.736. The number of hydrogen-bond acceptors (Lipinski definition) is 4. The molecule has 0 fully saturated rings. The molecule has 0 unspecified atom stereocenters. The molecule has 4 rings (SSSR count). The highest BCUT2D eigenvalue weighted by Crippen LogP contribution is 2.19. The van der Waals surface area contributed by atoms with Crippen molar-refractivity contribution in [2.45, 2.75) is 19.4 Å². The van der Waals surface area contributed by atoms with Gasteiger partial charge in [-0.3, -0.25) is 9.89 Å². The smallest absolute Gasteiger partial charge is 0.272 e. The van der Waals surface area contributed by atoms with Crippen LogP contribution in [0.3, 0.4) is 0 Å². The van der Waals surface area contributed by atoms with E-state index < -0.39 is 0 Å². The molecule has 0 aliphatic carbocycles. The maximum atomic E-state index is 12.3. The molecule has 1 aliphatic rings. The normalized spacial score (nSPS) is 13.9. The predicted molar refractivity (Wildman–Crippen MR) is 86.2 cm³/mol. The first-order valence-corrected chi connectivity index (χ1v) is 7.84. The topological polar surface area (TPSA) is 83.0 Å². The summed E-state index contributed by atoms with van der Waals surface area (Å²) in [6.45, 7) is 2.13. The van der Waals surface area contributed by atoms with Crippen LogP contribution in [0.15, 0.2) is 34.7 Å². The van der Waals surface area contributed by atoms with Crippen LogP contribution < -0.4 is 10.6 Å². The van der Waals surface area contributed by atoms with E-state index in [0.29, 0.717) is 25.2 Å². The third kappa shape index (κ3) is 2.73. The molecule has 23 heavy (non-hydrogen) atoms. The summed E-state index contributed by atoms with van der Waals surface area (Å²) in [7, 11) is 0. The molecule has 1 amide bonds. The number of benzene rings is 1. The SMILES string of the molecule is O=C(NCCc1cc2ccccc2o1)c1n[nH]c2c1CNCC2. The fourth-order valence-electron chi connectivity index (χ4n) is 2.96. The van der Waals surface area contributed by atoms with Crippen molar-refractivity contribution >= 4 is 16.9 Å². The summed E-state index contributed by atoms with van der Waals surface area (Å²) in [6.07, 6.45) is 1.54. The predicted octanol–water partition coefficient (Wildman–Crippen LogP) is 1.77. The van der Waals surface area contributed by atoms with E-state index in [1.807, 2.05) is 30.3 Å². The van der Waals surface area contributed by atoms with Crippen LogP contribution in [0.25, 0.3) is 11.0 Å². The van der Waals surface area contributed by atoms with Crippen LogP contribution in [-0.2, 0) is 19.4 Å². The number of carbonyl (C=O) groups is 1. The van der Waals surface area contributed by atoms with Crippen molar-refractivity contribution in [2.24, 2.45) is 0 Å². The Morgan fingerprint density at radius 2 is 2.26 bits per heavy atom. The highest BCUT2D eigenvalue weighted by molar-refractivity contribution is 5.94. The summed E-state index contributed by atoms with van der Waals surface area (Å²) in [4.78, 5) is 12.3. The number of nitrogens with zero attached hydrogens (tertiary/aromatic N) is 1. The van der Waals surface area contributed by atoms with Crippen LogP contribution in [0.5, 0.6) is 0 Å². The minimum Gasteiger partial charge on any atom is -0.461 e. The Morgan fingerprint density at radius 1 is 1.35 bits per heavy atom. The number of para-hydroxylation sites is 1. The van der Waals surface area contributed by atoms with E-state index in [4.69, 9.17) is 4.42 Å². The molecule has 6 heteroatoms. The summed E-state index contributed by atoms with van der Waals surface area (Å²) in [5, 5.41) is 14.4. The van der Waals surface area contributed by atoms with Gasteiger partial charge < -0.3 is 15.1 Å². The van der Waals surface area contributed by atoms with Gasteiger partial charge in [-0.05, 0) is 12.1 Å². The Kier molecular flexibility index (Phi) is 3.59. The molecular weight excluding hydrogens is 292 g/mol. The van der Waals surface area contributed by atoms with E-state index >= 15 is 0 Å². The number of rotatable bonds is 4. The van der Waals surface area contributed by atoms with Gasteiger partial charge in [-0.25, -0.2) is 0 Å². The fourth-order valence-corrected chi connectivity index (χ4v) is 2.96. The number of amides is 1. The average molecular weight is 310 g/mol. The fraction of sp³-hybridized carbons (Fsp3) is 0.294. The van der Waals surface area contributed by atoms with Gasteiger partial charge >= 0.3 is 0 Å². The molecule has 0 saturated carbocycles. The van der Waals surface area contributed by atoms with Crippen LogP contribution in [0.1, 0.15) is 27.5 Å². The molecular formula is C17H18N4O2. The number of H-pyrrole nitrogens is 1. The number of carbonyl (C=O) groups excluding carboxylic acids is 1. The maximum absolute atomic E-state index is 12.3. The minimum absolute atomic E-state index is 0.137. The molecule has 1 aliphatic heterocycles. The van der Waals surface area contributed by atoms with Gasteiger partial charge in [0.2, 0.25) is 0 Å². The molecule has 6 nitrogen and oxygen atoms in total. The monoisotopic (exact) mass is 310 g/mol. The lowest BCUT2D eigenvalue weighted by atomic mass is 10.1. The van der Waals surface area contributed by atoms with Gasteiger partial charge in [-0.15, -0.1) is 0 Å². The van der Waals surface area contributed by atoms with Gasteiger partial charge in [0.1, 0.15) is 11.3 Å². The van der Waals surface area contributed by atoms with Gasteiger partial charge in [0.25, 0.3) is 5.91 Å². The molecule has 3 heterocycles. The highest BCUT2D eigenvalue weighted by atomic mass is 16.3. The summed E-state index contributed by atoms with van der Waals surface area (Å²) >= 11 is 0. The average Bonchev–Trinajstić information content (AvgIpc) is 3.18. The number of fused-ring (bicyclic) bond motifs is 2. The van der Waals surface area contributed by atoms with Crippen molar-refractivity contribution in [3.8, 4) is 0 Å². The first-order valence-electron chi connectivity index (χ1n) is 7.84. The van der Waals surface area contributed by atoms with Gasteiger partial charge in [0.15, 0.2) is 5.69 Å². The van der Waals surface area contributed by atoms with Crippen molar-refractivity contribution in [3.63, 3.8) is 0 Å². The van der Waals surface area contributed by atoms with Gasteiger partial charge in [-0.2, -0.15) is 5.10 Å². The number of aromatic nitrogens is 2. The van der Waals surface area contributed by atoms with E-state index in [1.165, 1.54) is 0 Å². The van der Waals surface area contributed by atoms with E-state index in [2.05, 4.69) is 20.8 Å². The largest absolute Gasteiger partial charge is 0.461 e. The zero-order valence-electron chi connectivity index (χ0n) is 12.7. The molecule has 3 N–H and O–H groups in total. The third-order valence-electron chi connectivity index (χ3n) is 4.15. The second-order valence-electron chi connectivity index (χ2n) is 5.71. The first-order chi connectivity index (χ1) is 11.3. The standard InChI is InChI=1S/C17H18N4O2/c22-17(16-13-10-18-7-6-14(13)20-21-16)19-8-5-12-9-11-3-1-2-4-15(11)23-12/h1-4,9,18H,5-8,10H2,(H,19,22)(H,20,21). The number of furan rings is 1. The Morgan fingerprint density at radius 3 is 3.17 bits per heavy atom. The Bertz CT molecular complexity index is 816. The first kappa shape index (κ1) is 14.0. The Balaban J connectivity index is 1.39. The maximum Gasteiger partial charge on any atom is 0.272 e. The van der Waals surface area contributed by atoms with Crippen molar-refractivity contribution in [1.82, 2.24) is 20.8 Å². The van der Waals surface area contributed by atoms with Crippen molar-refractivity contribution in [1.29, 1.82) is 0 Å². The quantitative estimate of drug-likeness (QED) is 0.686. The number of hydrogen-bond donors (Lipinski definition) is 3. The Labute approximate surface area is 133 Å². The molecule has 3 aromatic rings.